The predicted molar refractivity (Wildman–Crippen MR) is 115 cm³/mol. The first kappa shape index (κ1) is 22.5. The molecule has 1 aliphatic heterocycles. The number of hydrogen-bond donors (Lipinski definition) is 1. The third kappa shape index (κ3) is 5.92. The number of thioether (sulfide) groups is 1. The molecule has 3 nitrogen and oxygen atoms in total. The number of carboxylic acid groups (broad SMARTS) is 1. The zero-order valence-corrected chi connectivity index (χ0v) is 18.0. The fraction of sp³-hybridized carbons (Fsp3) is 0.318. The molecule has 1 unspecified atom stereocenters. The Kier molecular flexibility index (Phi) is 7.31. The van der Waals surface area contributed by atoms with E-state index in [9.17, 15) is 23.1 Å². The quantitative estimate of drug-likeness (QED) is 0.490. The molecule has 0 spiro atoms. The van der Waals surface area contributed by atoms with Gasteiger partial charge in [-0.2, -0.15) is 13.2 Å². The molecular weight excluding hydrogens is 431 g/mol. The zero-order valence-electron chi connectivity index (χ0n) is 16.4. The molecular formula is C22H22F3NO2S2. The lowest BCUT2D eigenvalue weighted by Gasteiger charge is -2.32. The van der Waals surface area contributed by atoms with Gasteiger partial charge in [0.1, 0.15) is 5.37 Å². The molecule has 0 fully saturated rings. The number of thiophene rings is 1. The Morgan fingerprint density at radius 1 is 1.30 bits per heavy atom. The number of halogens is 3. The van der Waals surface area contributed by atoms with E-state index in [4.69, 9.17) is 0 Å². The van der Waals surface area contributed by atoms with Crippen molar-refractivity contribution in [2.75, 3.05) is 5.75 Å². The minimum absolute atomic E-state index is 0.314. The van der Waals surface area contributed by atoms with Crippen LogP contribution in [0.4, 0.5) is 13.2 Å². The zero-order chi connectivity index (χ0) is 21.7. The van der Waals surface area contributed by atoms with Crippen LogP contribution in [0, 0.1) is 6.92 Å². The molecule has 0 amide bonds. The Labute approximate surface area is 181 Å². The van der Waals surface area contributed by atoms with Crippen molar-refractivity contribution >= 4 is 29.1 Å². The van der Waals surface area contributed by atoms with E-state index >= 15 is 0 Å². The second kappa shape index (κ2) is 9.75. The van der Waals surface area contributed by atoms with E-state index in [1.165, 1.54) is 17.8 Å². The molecule has 0 bridgehead atoms. The average Bonchev–Trinajstić information content (AvgIpc) is 3.18. The number of rotatable bonds is 8. The van der Waals surface area contributed by atoms with Crippen LogP contribution in [0.15, 0.2) is 59.6 Å². The van der Waals surface area contributed by atoms with Gasteiger partial charge in [0.05, 0.1) is 17.7 Å². The lowest BCUT2D eigenvalue weighted by atomic mass is 10.0. The maximum Gasteiger partial charge on any atom is 0.416 e. The number of alkyl halides is 3. The van der Waals surface area contributed by atoms with Crippen LogP contribution in [0.1, 0.15) is 28.0 Å². The van der Waals surface area contributed by atoms with E-state index in [-0.39, 0.29) is 5.37 Å². The first-order chi connectivity index (χ1) is 14.2. The van der Waals surface area contributed by atoms with Gasteiger partial charge in [0.25, 0.3) is 0 Å². The van der Waals surface area contributed by atoms with Crippen LogP contribution >= 0.6 is 23.1 Å². The molecule has 8 heteroatoms. The molecule has 3 rings (SSSR count). The smallest absolute Gasteiger partial charge is 0.416 e. The summed E-state index contributed by atoms with van der Waals surface area (Å²) in [7, 11) is 0. The highest BCUT2D eigenvalue weighted by atomic mass is 32.2. The minimum Gasteiger partial charge on any atom is -0.478 e. The summed E-state index contributed by atoms with van der Waals surface area (Å²) >= 11 is 3.12. The van der Waals surface area contributed by atoms with Gasteiger partial charge in [0, 0.05) is 11.1 Å². The van der Waals surface area contributed by atoms with E-state index in [0.29, 0.717) is 41.8 Å². The van der Waals surface area contributed by atoms with Gasteiger partial charge in [-0.3, -0.25) is 0 Å². The van der Waals surface area contributed by atoms with Gasteiger partial charge in [-0.25, -0.2) is 4.79 Å². The molecule has 2 aromatic rings. The minimum atomic E-state index is -4.35. The second-order valence-electron chi connectivity index (χ2n) is 7.05. The Hall–Kier alpha value is -2.19. The van der Waals surface area contributed by atoms with Crippen molar-refractivity contribution in [3.63, 3.8) is 0 Å². The van der Waals surface area contributed by atoms with Gasteiger partial charge in [0.2, 0.25) is 0 Å². The topological polar surface area (TPSA) is 40.5 Å². The summed E-state index contributed by atoms with van der Waals surface area (Å²) < 4.78 is 39.1. The Balaban J connectivity index is 1.62. The number of allylic oxidation sites excluding steroid dienone is 2. The highest BCUT2D eigenvalue weighted by Gasteiger charge is 2.31. The summed E-state index contributed by atoms with van der Waals surface area (Å²) in [6.45, 7) is 2.28. The highest BCUT2D eigenvalue weighted by Crippen LogP contribution is 2.32. The van der Waals surface area contributed by atoms with Crippen molar-refractivity contribution < 1.29 is 23.1 Å². The van der Waals surface area contributed by atoms with Gasteiger partial charge in [-0.05, 0) is 66.8 Å². The van der Waals surface area contributed by atoms with E-state index < -0.39 is 17.7 Å². The molecule has 1 atom stereocenters. The van der Waals surface area contributed by atoms with E-state index in [1.807, 2.05) is 28.6 Å². The standard InChI is InChI=1S/C22H22F3NO2S2/c1-15-11-16(13-17(12-15)22(23,24)25)5-3-10-30-20-19(21(27)28)7-2-8-26(20)14-18-6-4-9-29-18/h2,4,6-9,11-13,20H,3,5,10,14H2,1H3,(H,27,28). The lowest BCUT2D eigenvalue weighted by molar-refractivity contribution is -0.137. The van der Waals surface area contributed by atoms with Crippen molar-refractivity contribution in [2.45, 2.75) is 37.9 Å². The Morgan fingerprint density at radius 3 is 2.77 bits per heavy atom. The van der Waals surface area contributed by atoms with Crippen LogP contribution in [0.2, 0.25) is 0 Å². The van der Waals surface area contributed by atoms with Crippen LogP contribution < -0.4 is 0 Å². The van der Waals surface area contributed by atoms with Crippen LogP contribution in [0.25, 0.3) is 0 Å². The molecule has 1 aromatic carbocycles. The summed E-state index contributed by atoms with van der Waals surface area (Å²) in [4.78, 5) is 14.8. The number of nitrogens with zero attached hydrogens (tertiary/aromatic N) is 1. The number of carboxylic acids is 1. The van der Waals surface area contributed by atoms with Gasteiger partial charge >= 0.3 is 12.1 Å². The van der Waals surface area contributed by atoms with Crippen molar-refractivity contribution in [1.82, 2.24) is 4.90 Å². The van der Waals surface area contributed by atoms with E-state index in [2.05, 4.69) is 0 Å². The third-order valence-electron chi connectivity index (χ3n) is 4.64. The van der Waals surface area contributed by atoms with E-state index in [0.717, 1.165) is 10.9 Å². The van der Waals surface area contributed by atoms with Crippen molar-refractivity contribution in [3.8, 4) is 0 Å². The number of hydrogen-bond acceptors (Lipinski definition) is 4. The van der Waals surface area contributed by atoms with Crippen LogP contribution in [-0.4, -0.2) is 27.1 Å². The summed E-state index contributed by atoms with van der Waals surface area (Å²) in [6, 6.07) is 8.09. The monoisotopic (exact) mass is 453 g/mol. The predicted octanol–water partition coefficient (Wildman–Crippen LogP) is 6.11. The largest absolute Gasteiger partial charge is 0.478 e. The maximum atomic E-state index is 13.0. The molecule has 1 aromatic heterocycles. The number of aryl methyl sites for hydroxylation is 2. The van der Waals surface area contributed by atoms with Crippen LogP contribution in [0.3, 0.4) is 0 Å². The summed E-state index contributed by atoms with van der Waals surface area (Å²) in [6.07, 6.45) is 2.05. The maximum absolute atomic E-state index is 13.0. The molecule has 160 valence electrons. The first-order valence-electron chi connectivity index (χ1n) is 9.43. The molecule has 2 heterocycles. The van der Waals surface area contributed by atoms with Gasteiger partial charge in [0.15, 0.2) is 0 Å². The fourth-order valence-corrected chi connectivity index (χ4v) is 5.26. The van der Waals surface area contributed by atoms with Crippen LogP contribution in [-0.2, 0) is 23.9 Å². The Morgan fingerprint density at radius 2 is 2.10 bits per heavy atom. The van der Waals surface area contributed by atoms with Gasteiger partial charge in [-0.1, -0.05) is 17.7 Å². The summed E-state index contributed by atoms with van der Waals surface area (Å²) in [5, 5.41) is 11.2. The van der Waals surface area contributed by atoms with Crippen molar-refractivity contribution in [3.05, 3.63) is 81.2 Å². The number of aliphatic carboxylic acids is 1. The Bertz CT molecular complexity index is 936. The number of benzene rings is 1. The number of carbonyl (C=O) groups is 1. The summed E-state index contributed by atoms with van der Waals surface area (Å²) in [5.41, 5.74) is 0.925. The van der Waals surface area contributed by atoms with Gasteiger partial charge < -0.3 is 10.0 Å². The molecule has 0 saturated carbocycles. The molecule has 30 heavy (non-hydrogen) atoms. The van der Waals surface area contributed by atoms with Crippen molar-refractivity contribution in [2.24, 2.45) is 0 Å². The third-order valence-corrected chi connectivity index (χ3v) is 6.86. The molecule has 0 aliphatic carbocycles. The second-order valence-corrected chi connectivity index (χ2v) is 9.27. The average molecular weight is 454 g/mol. The normalized spacial score (nSPS) is 16.6. The van der Waals surface area contributed by atoms with Gasteiger partial charge in [-0.15, -0.1) is 23.1 Å². The fourth-order valence-electron chi connectivity index (χ4n) is 3.32. The highest BCUT2D eigenvalue weighted by molar-refractivity contribution is 8.00. The van der Waals surface area contributed by atoms with Crippen molar-refractivity contribution in [1.29, 1.82) is 0 Å². The molecule has 0 saturated heterocycles. The lowest BCUT2D eigenvalue weighted by Crippen LogP contribution is -2.34. The summed E-state index contributed by atoms with van der Waals surface area (Å²) in [5.74, 6) is -0.319. The first-order valence-corrected chi connectivity index (χ1v) is 11.4. The van der Waals surface area contributed by atoms with Crippen LogP contribution in [0.5, 0.6) is 0 Å². The molecule has 1 aliphatic rings. The van der Waals surface area contributed by atoms with E-state index in [1.54, 1.807) is 36.5 Å². The molecule has 0 radical (unpaired) electrons. The molecule has 1 N–H and O–H groups in total. The SMILES string of the molecule is Cc1cc(CCCSC2C(C(=O)O)=CC=CN2Cc2cccs2)cc(C(F)(F)F)c1.